The predicted octanol–water partition coefficient (Wildman–Crippen LogP) is 3.91. The van der Waals surface area contributed by atoms with Crippen molar-refractivity contribution in [3.63, 3.8) is 0 Å². The summed E-state index contributed by atoms with van der Waals surface area (Å²) in [6.07, 6.45) is 7.32. The zero-order chi connectivity index (χ0) is 20.8. The first-order valence-electron chi connectivity index (χ1n) is 9.44. The molecule has 1 aromatic carbocycles. The van der Waals surface area contributed by atoms with Crippen LogP contribution >= 0.6 is 0 Å². The third-order valence-corrected chi connectivity index (χ3v) is 4.53. The fourth-order valence-corrected chi connectivity index (χ4v) is 3.06. The van der Waals surface area contributed by atoms with E-state index in [2.05, 4.69) is 31.6 Å². The van der Waals surface area contributed by atoms with E-state index in [4.69, 9.17) is 4.74 Å². The second kappa shape index (κ2) is 9.08. The number of urea groups is 1. The maximum atomic E-state index is 12.9. The summed E-state index contributed by atoms with van der Waals surface area (Å²) in [5, 5.41) is 10.4. The summed E-state index contributed by atoms with van der Waals surface area (Å²) in [5.41, 5.74) is 2.22. The van der Waals surface area contributed by atoms with Gasteiger partial charge in [0.25, 0.3) is 0 Å². The summed E-state index contributed by atoms with van der Waals surface area (Å²) in [6.45, 7) is 1.25. The van der Waals surface area contributed by atoms with E-state index in [1.807, 2.05) is 18.2 Å². The predicted molar refractivity (Wildman–Crippen MR) is 108 cm³/mol. The molecule has 1 fully saturated rings. The van der Waals surface area contributed by atoms with Crippen molar-refractivity contribution in [1.82, 2.24) is 25.1 Å². The molecule has 1 aliphatic rings. The Morgan fingerprint density at radius 2 is 1.93 bits per heavy atom. The van der Waals surface area contributed by atoms with E-state index < -0.39 is 5.82 Å². The first-order valence-corrected chi connectivity index (χ1v) is 9.44. The molecular weight excluding hydrogens is 387 g/mol. The summed E-state index contributed by atoms with van der Waals surface area (Å²) in [6, 6.07) is 10.8. The SMILES string of the molecule is O=C(Nc1cccnn1)N1CCC(=Cc2cccc(Oc3ncc(F)cn3)c2)CC1. The largest absolute Gasteiger partial charge is 0.424 e. The fourth-order valence-electron chi connectivity index (χ4n) is 3.06. The maximum Gasteiger partial charge on any atom is 0.323 e. The van der Waals surface area contributed by atoms with Crippen molar-refractivity contribution in [3.8, 4) is 11.8 Å². The zero-order valence-electron chi connectivity index (χ0n) is 16.0. The molecule has 152 valence electrons. The van der Waals surface area contributed by atoms with Crippen LogP contribution in [0.15, 0.2) is 60.6 Å². The molecule has 0 spiro atoms. The number of carbonyl (C=O) groups is 1. The molecule has 0 atom stereocenters. The molecule has 8 nitrogen and oxygen atoms in total. The van der Waals surface area contributed by atoms with Gasteiger partial charge in [0, 0.05) is 19.3 Å². The summed E-state index contributed by atoms with van der Waals surface area (Å²) < 4.78 is 18.5. The molecule has 0 radical (unpaired) electrons. The third-order valence-electron chi connectivity index (χ3n) is 4.53. The van der Waals surface area contributed by atoms with Crippen LogP contribution in [0.1, 0.15) is 18.4 Å². The molecule has 4 rings (SSSR count). The average molecular weight is 406 g/mol. The molecular formula is C21H19FN6O2. The number of aromatic nitrogens is 4. The van der Waals surface area contributed by atoms with Crippen LogP contribution in [-0.2, 0) is 0 Å². The van der Waals surface area contributed by atoms with Gasteiger partial charge >= 0.3 is 12.0 Å². The lowest BCUT2D eigenvalue weighted by atomic mass is 10.0. The van der Waals surface area contributed by atoms with Crippen molar-refractivity contribution in [2.75, 3.05) is 18.4 Å². The Kier molecular flexibility index (Phi) is 5.88. The minimum Gasteiger partial charge on any atom is -0.424 e. The van der Waals surface area contributed by atoms with Gasteiger partial charge in [0.1, 0.15) is 5.75 Å². The van der Waals surface area contributed by atoms with Crippen molar-refractivity contribution in [2.24, 2.45) is 0 Å². The number of anilines is 1. The Labute approximate surface area is 172 Å². The molecule has 2 amide bonds. The molecule has 2 aromatic heterocycles. The second-order valence-electron chi connectivity index (χ2n) is 6.69. The van der Waals surface area contributed by atoms with Gasteiger partial charge < -0.3 is 9.64 Å². The highest BCUT2D eigenvalue weighted by atomic mass is 19.1. The Morgan fingerprint density at radius 1 is 1.13 bits per heavy atom. The number of rotatable bonds is 4. The minimum atomic E-state index is -0.516. The van der Waals surface area contributed by atoms with Gasteiger partial charge in [-0.15, -0.1) is 5.10 Å². The lowest BCUT2D eigenvalue weighted by Crippen LogP contribution is -2.39. The van der Waals surface area contributed by atoms with Crippen molar-refractivity contribution < 1.29 is 13.9 Å². The standard InChI is InChI=1S/C21H19FN6O2/c22-17-13-23-20(24-14-17)30-18-4-1-3-16(12-18)11-15-6-9-28(10-7-15)21(29)26-19-5-2-8-25-27-19/h1-5,8,11-14H,6-7,9-10H2,(H,26,27,29). The first-order chi connectivity index (χ1) is 14.7. The van der Waals surface area contributed by atoms with Crippen molar-refractivity contribution in [2.45, 2.75) is 12.8 Å². The normalized spacial score (nSPS) is 13.6. The molecule has 0 saturated carbocycles. The number of carbonyl (C=O) groups excluding carboxylic acids is 1. The summed E-state index contributed by atoms with van der Waals surface area (Å²) in [7, 11) is 0. The number of nitrogens with zero attached hydrogens (tertiary/aromatic N) is 5. The molecule has 30 heavy (non-hydrogen) atoms. The summed E-state index contributed by atoms with van der Waals surface area (Å²) in [5.74, 6) is 0.486. The van der Waals surface area contributed by atoms with Gasteiger partial charge in [-0.2, -0.15) is 5.10 Å². The van der Waals surface area contributed by atoms with Crippen LogP contribution < -0.4 is 10.1 Å². The van der Waals surface area contributed by atoms with Crippen molar-refractivity contribution in [3.05, 3.63) is 71.9 Å². The van der Waals surface area contributed by atoms with Gasteiger partial charge in [0.15, 0.2) is 11.6 Å². The number of hydrogen-bond acceptors (Lipinski definition) is 6. The van der Waals surface area contributed by atoms with E-state index in [-0.39, 0.29) is 12.0 Å². The van der Waals surface area contributed by atoms with E-state index in [1.54, 1.807) is 29.3 Å². The highest BCUT2D eigenvalue weighted by Gasteiger charge is 2.19. The van der Waals surface area contributed by atoms with E-state index in [0.717, 1.165) is 30.8 Å². The lowest BCUT2D eigenvalue weighted by Gasteiger charge is -2.28. The molecule has 0 unspecified atom stereocenters. The lowest BCUT2D eigenvalue weighted by molar-refractivity contribution is 0.207. The Balaban J connectivity index is 1.35. The number of halogens is 1. The van der Waals surface area contributed by atoms with Gasteiger partial charge in [-0.3, -0.25) is 5.32 Å². The van der Waals surface area contributed by atoms with Gasteiger partial charge in [-0.25, -0.2) is 19.2 Å². The van der Waals surface area contributed by atoms with Crippen LogP contribution in [0.3, 0.4) is 0 Å². The maximum absolute atomic E-state index is 12.9. The van der Waals surface area contributed by atoms with Crippen molar-refractivity contribution in [1.29, 1.82) is 0 Å². The average Bonchev–Trinajstić information content (AvgIpc) is 2.77. The molecule has 1 saturated heterocycles. The van der Waals surface area contributed by atoms with E-state index >= 15 is 0 Å². The first kappa shape index (κ1) is 19.4. The zero-order valence-corrected chi connectivity index (χ0v) is 16.0. The smallest absolute Gasteiger partial charge is 0.323 e. The van der Waals surface area contributed by atoms with Crippen molar-refractivity contribution >= 4 is 17.9 Å². The number of amides is 2. The molecule has 0 bridgehead atoms. The van der Waals surface area contributed by atoms with Crippen LogP contribution in [0.4, 0.5) is 15.0 Å². The minimum absolute atomic E-state index is 0.0867. The number of benzene rings is 1. The monoisotopic (exact) mass is 406 g/mol. The highest BCUT2D eigenvalue weighted by molar-refractivity contribution is 5.88. The van der Waals surface area contributed by atoms with Crippen LogP contribution in [0, 0.1) is 5.82 Å². The molecule has 3 heterocycles. The van der Waals surface area contributed by atoms with Gasteiger partial charge in [0.2, 0.25) is 0 Å². The molecule has 9 heteroatoms. The van der Waals surface area contributed by atoms with E-state index in [0.29, 0.717) is 24.7 Å². The molecule has 1 aliphatic heterocycles. The molecule has 3 aromatic rings. The number of piperidine rings is 1. The van der Waals surface area contributed by atoms with Crippen LogP contribution in [0.2, 0.25) is 0 Å². The van der Waals surface area contributed by atoms with Crippen LogP contribution in [0.5, 0.6) is 11.8 Å². The van der Waals surface area contributed by atoms with Gasteiger partial charge in [0.05, 0.1) is 12.4 Å². The van der Waals surface area contributed by atoms with Crippen LogP contribution in [0.25, 0.3) is 6.08 Å². The quantitative estimate of drug-likeness (QED) is 0.706. The Morgan fingerprint density at radius 3 is 2.67 bits per heavy atom. The number of likely N-dealkylation sites (tertiary alicyclic amines) is 1. The molecule has 0 aliphatic carbocycles. The molecule has 1 N–H and O–H groups in total. The van der Waals surface area contributed by atoms with Gasteiger partial charge in [-0.05, 0) is 42.7 Å². The van der Waals surface area contributed by atoms with E-state index in [1.165, 1.54) is 5.57 Å². The van der Waals surface area contributed by atoms with Gasteiger partial charge in [-0.1, -0.05) is 23.8 Å². The topological polar surface area (TPSA) is 93.1 Å². The third kappa shape index (κ3) is 5.13. The Bertz CT molecular complexity index is 1030. The second-order valence-corrected chi connectivity index (χ2v) is 6.69. The summed E-state index contributed by atoms with van der Waals surface area (Å²) in [4.78, 5) is 21.7. The highest BCUT2D eigenvalue weighted by Crippen LogP contribution is 2.24. The number of nitrogens with one attached hydrogen (secondary N) is 1. The number of ether oxygens (including phenoxy) is 1. The fraction of sp³-hybridized carbons (Fsp3) is 0.190. The summed E-state index contributed by atoms with van der Waals surface area (Å²) >= 11 is 0. The Hall–Kier alpha value is -3.88. The van der Waals surface area contributed by atoms with E-state index in [9.17, 15) is 9.18 Å². The van der Waals surface area contributed by atoms with Crippen LogP contribution in [-0.4, -0.2) is 44.2 Å². The number of hydrogen-bond donors (Lipinski definition) is 1.